The molecule has 0 radical (unpaired) electrons. The largest absolute Gasteiger partial charge is 0.494 e. The quantitative estimate of drug-likeness (QED) is 0.743. The minimum atomic E-state index is 0.671. The van der Waals surface area contributed by atoms with E-state index < -0.39 is 0 Å². The van der Waals surface area contributed by atoms with Crippen LogP contribution in [-0.2, 0) is 0 Å². The lowest BCUT2D eigenvalue weighted by atomic mass is 10.00. The van der Waals surface area contributed by atoms with Crippen LogP contribution in [0.15, 0.2) is 30.3 Å². The van der Waals surface area contributed by atoms with Gasteiger partial charge in [-0.2, -0.15) is 0 Å². The molecule has 1 aliphatic carbocycles. The van der Waals surface area contributed by atoms with Gasteiger partial charge in [0, 0.05) is 6.04 Å². The molecule has 0 aromatic heterocycles. The average molecular weight is 247 g/mol. The van der Waals surface area contributed by atoms with Gasteiger partial charge in [-0.05, 0) is 50.8 Å². The highest BCUT2D eigenvalue weighted by atomic mass is 16.5. The van der Waals surface area contributed by atoms with Crippen molar-refractivity contribution in [2.24, 2.45) is 5.92 Å². The Hall–Kier alpha value is -1.02. The fourth-order valence-electron chi connectivity index (χ4n) is 2.73. The molecule has 1 aromatic rings. The maximum atomic E-state index is 5.67. The van der Waals surface area contributed by atoms with Crippen molar-refractivity contribution < 1.29 is 4.74 Å². The average Bonchev–Trinajstić information content (AvgIpc) is 2.93. The molecular formula is C16H25NO. The van der Waals surface area contributed by atoms with Crippen LogP contribution in [0.4, 0.5) is 0 Å². The SMILES string of the molecule is CC(NCCCOc1ccccc1)C1CCCC1. The van der Waals surface area contributed by atoms with Gasteiger partial charge in [-0.15, -0.1) is 0 Å². The van der Waals surface area contributed by atoms with E-state index in [1.54, 1.807) is 0 Å². The molecule has 2 rings (SSSR count). The smallest absolute Gasteiger partial charge is 0.119 e. The summed E-state index contributed by atoms with van der Waals surface area (Å²) in [6, 6.07) is 10.7. The maximum Gasteiger partial charge on any atom is 0.119 e. The fraction of sp³-hybridized carbons (Fsp3) is 0.625. The maximum absolute atomic E-state index is 5.67. The minimum Gasteiger partial charge on any atom is -0.494 e. The highest BCUT2D eigenvalue weighted by Gasteiger charge is 2.20. The fourth-order valence-corrected chi connectivity index (χ4v) is 2.73. The van der Waals surface area contributed by atoms with Crippen LogP contribution in [0.2, 0.25) is 0 Å². The molecule has 18 heavy (non-hydrogen) atoms. The van der Waals surface area contributed by atoms with E-state index in [1.807, 2.05) is 30.3 Å². The van der Waals surface area contributed by atoms with Gasteiger partial charge in [-0.1, -0.05) is 31.0 Å². The summed E-state index contributed by atoms with van der Waals surface area (Å²) in [5.74, 6) is 1.88. The van der Waals surface area contributed by atoms with Crippen LogP contribution in [0.1, 0.15) is 39.0 Å². The summed E-state index contributed by atoms with van der Waals surface area (Å²) in [7, 11) is 0. The zero-order valence-electron chi connectivity index (χ0n) is 11.4. The standard InChI is InChI=1S/C16H25NO/c1-14(15-8-5-6-9-15)17-12-7-13-18-16-10-3-2-4-11-16/h2-4,10-11,14-15,17H,5-9,12-13H2,1H3. The molecule has 100 valence electrons. The first-order valence-corrected chi connectivity index (χ1v) is 7.27. The minimum absolute atomic E-state index is 0.671. The number of nitrogens with one attached hydrogen (secondary N) is 1. The van der Waals surface area contributed by atoms with Crippen LogP contribution in [0.5, 0.6) is 5.75 Å². The van der Waals surface area contributed by atoms with Gasteiger partial charge >= 0.3 is 0 Å². The van der Waals surface area contributed by atoms with Gasteiger partial charge < -0.3 is 10.1 Å². The summed E-state index contributed by atoms with van der Waals surface area (Å²) in [4.78, 5) is 0. The van der Waals surface area contributed by atoms with Crippen LogP contribution in [0.3, 0.4) is 0 Å². The molecule has 1 fully saturated rings. The van der Waals surface area contributed by atoms with Crippen molar-refractivity contribution in [3.8, 4) is 5.75 Å². The van der Waals surface area contributed by atoms with E-state index in [0.717, 1.165) is 31.2 Å². The Morgan fingerprint density at radius 3 is 2.67 bits per heavy atom. The zero-order chi connectivity index (χ0) is 12.6. The number of rotatable bonds is 7. The third kappa shape index (κ3) is 4.34. The summed E-state index contributed by atoms with van der Waals surface area (Å²) in [6.45, 7) is 4.19. The molecule has 0 spiro atoms. The second-order valence-corrected chi connectivity index (χ2v) is 5.30. The molecule has 0 heterocycles. The normalized spacial score (nSPS) is 17.8. The van der Waals surface area contributed by atoms with E-state index in [9.17, 15) is 0 Å². The molecule has 1 aliphatic rings. The van der Waals surface area contributed by atoms with Crippen LogP contribution in [-0.4, -0.2) is 19.2 Å². The van der Waals surface area contributed by atoms with Crippen LogP contribution in [0, 0.1) is 5.92 Å². The Morgan fingerprint density at radius 2 is 1.94 bits per heavy atom. The van der Waals surface area contributed by atoms with Crippen LogP contribution < -0.4 is 10.1 Å². The molecule has 0 saturated heterocycles. The summed E-state index contributed by atoms with van der Waals surface area (Å²) >= 11 is 0. The molecule has 1 unspecified atom stereocenters. The van der Waals surface area contributed by atoms with E-state index in [1.165, 1.54) is 25.7 Å². The Kier molecular flexibility index (Phi) is 5.53. The van der Waals surface area contributed by atoms with Crippen molar-refractivity contribution in [3.05, 3.63) is 30.3 Å². The molecule has 0 amide bonds. The summed E-state index contributed by atoms with van der Waals surface area (Å²) < 4.78 is 5.67. The molecule has 1 N–H and O–H groups in total. The van der Waals surface area contributed by atoms with Gasteiger partial charge in [0.05, 0.1) is 6.61 Å². The topological polar surface area (TPSA) is 21.3 Å². The number of ether oxygens (including phenoxy) is 1. The van der Waals surface area contributed by atoms with Crippen molar-refractivity contribution in [2.75, 3.05) is 13.2 Å². The lowest BCUT2D eigenvalue weighted by molar-refractivity contribution is 0.297. The van der Waals surface area contributed by atoms with Crippen LogP contribution in [0.25, 0.3) is 0 Å². The molecule has 0 aliphatic heterocycles. The Bertz CT molecular complexity index is 319. The number of hydrogen-bond donors (Lipinski definition) is 1. The first-order chi connectivity index (χ1) is 8.86. The van der Waals surface area contributed by atoms with Gasteiger partial charge in [0.1, 0.15) is 5.75 Å². The molecule has 1 saturated carbocycles. The second-order valence-electron chi connectivity index (χ2n) is 5.30. The van der Waals surface area contributed by atoms with Gasteiger partial charge in [-0.25, -0.2) is 0 Å². The number of hydrogen-bond acceptors (Lipinski definition) is 2. The Labute approximate surface area is 111 Å². The number of para-hydroxylation sites is 1. The van der Waals surface area contributed by atoms with Crippen molar-refractivity contribution in [1.29, 1.82) is 0 Å². The molecule has 2 heteroatoms. The first-order valence-electron chi connectivity index (χ1n) is 7.27. The van der Waals surface area contributed by atoms with Crippen molar-refractivity contribution >= 4 is 0 Å². The molecular weight excluding hydrogens is 222 g/mol. The molecule has 1 aromatic carbocycles. The molecule has 1 atom stereocenters. The molecule has 0 bridgehead atoms. The van der Waals surface area contributed by atoms with Gasteiger partial charge in [-0.3, -0.25) is 0 Å². The highest BCUT2D eigenvalue weighted by molar-refractivity contribution is 5.20. The van der Waals surface area contributed by atoms with E-state index in [4.69, 9.17) is 4.74 Å². The van der Waals surface area contributed by atoms with Gasteiger partial charge in [0.2, 0.25) is 0 Å². The zero-order valence-corrected chi connectivity index (χ0v) is 11.4. The third-order valence-corrected chi connectivity index (χ3v) is 3.91. The van der Waals surface area contributed by atoms with E-state index in [2.05, 4.69) is 12.2 Å². The summed E-state index contributed by atoms with van der Waals surface area (Å²) in [6.07, 6.45) is 6.75. The van der Waals surface area contributed by atoms with Crippen molar-refractivity contribution in [3.63, 3.8) is 0 Å². The van der Waals surface area contributed by atoms with Crippen molar-refractivity contribution in [1.82, 2.24) is 5.32 Å². The van der Waals surface area contributed by atoms with E-state index in [-0.39, 0.29) is 0 Å². The first kappa shape index (κ1) is 13.4. The van der Waals surface area contributed by atoms with Gasteiger partial charge in [0.15, 0.2) is 0 Å². The lowest BCUT2D eigenvalue weighted by Gasteiger charge is -2.20. The summed E-state index contributed by atoms with van der Waals surface area (Å²) in [5, 5.41) is 3.63. The predicted octanol–water partition coefficient (Wildman–Crippen LogP) is 3.62. The van der Waals surface area contributed by atoms with E-state index in [0.29, 0.717) is 6.04 Å². The second kappa shape index (κ2) is 7.42. The Morgan fingerprint density at radius 1 is 1.22 bits per heavy atom. The lowest BCUT2D eigenvalue weighted by Crippen LogP contribution is -2.33. The monoisotopic (exact) mass is 247 g/mol. The van der Waals surface area contributed by atoms with Crippen molar-refractivity contribution in [2.45, 2.75) is 45.1 Å². The van der Waals surface area contributed by atoms with Gasteiger partial charge in [0.25, 0.3) is 0 Å². The summed E-state index contributed by atoms with van der Waals surface area (Å²) in [5.41, 5.74) is 0. The van der Waals surface area contributed by atoms with Crippen LogP contribution >= 0.6 is 0 Å². The molecule has 2 nitrogen and oxygen atoms in total. The van der Waals surface area contributed by atoms with E-state index >= 15 is 0 Å². The number of benzene rings is 1. The third-order valence-electron chi connectivity index (χ3n) is 3.91. The predicted molar refractivity (Wildman–Crippen MR) is 76.0 cm³/mol. The highest BCUT2D eigenvalue weighted by Crippen LogP contribution is 2.27. The Balaban J connectivity index is 1.53.